The minimum atomic E-state index is 0.745. The van der Waals surface area contributed by atoms with E-state index < -0.39 is 0 Å². The molecule has 0 fully saturated rings. The molecule has 3 aromatic carbocycles. The Bertz CT molecular complexity index is 1420. The predicted octanol–water partition coefficient (Wildman–Crippen LogP) is 6.39. The smallest absolute Gasteiger partial charge is 0.201 e. The Labute approximate surface area is 173 Å². The van der Waals surface area contributed by atoms with E-state index >= 15 is 0 Å². The molecule has 0 unspecified atom stereocenters. The van der Waals surface area contributed by atoms with Crippen molar-refractivity contribution in [2.45, 2.75) is 6.92 Å². The van der Waals surface area contributed by atoms with Gasteiger partial charge in [-0.2, -0.15) is 5.26 Å². The SMILES string of the molecule is Cc1ccc2c(sc3c(C#N)cccc32)c1-c1cc(-c2ccccc2)cc[n+]1C. The van der Waals surface area contributed by atoms with E-state index in [1.807, 2.05) is 18.2 Å². The van der Waals surface area contributed by atoms with Crippen molar-refractivity contribution in [1.82, 2.24) is 0 Å². The summed E-state index contributed by atoms with van der Waals surface area (Å²) in [6.07, 6.45) is 2.13. The van der Waals surface area contributed by atoms with E-state index in [0.29, 0.717) is 0 Å². The van der Waals surface area contributed by atoms with Crippen LogP contribution in [0.25, 0.3) is 42.6 Å². The molecule has 138 valence electrons. The summed E-state index contributed by atoms with van der Waals surface area (Å²) in [4.78, 5) is 0. The van der Waals surface area contributed by atoms with Gasteiger partial charge in [0.25, 0.3) is 0 Å². The highest BCUT2D eigenvalue weighted by Crippen LogP contribution is 2.42. The molecule has 0 aliphatic rings. The molecule has 0 spiro atoms. The summed E-state index contributed by atoms with van der Waals surface area (Å²) in [6, 6.07) is 27.6. The highest BCUT2D eigenvalue weighted by Gasteiger charge is 2.20. The predicted molar refractivity (Wildman–Crippen MR) is 121 cm³/mol. The third kappa shape index (κ3) is 2.81. The number of benzene rings is 3. The molecule has 0 saturated carbocycles. The van der Waals surface area contributed by atoms with E-state index in [1.165, 1.54) is 38.0 Å². The summed E-state index contributed by atoms with van der Waals surface area (Å²) in [6.45, 7) is 2.17. The molecule has 0 aliphatic heterocycles. The van der Waals surface area contributed by atoms with Gasteiger partial charge in [-0.3, -0.25) is 0 Å². The number of nitriles is 1. The van der Waals surface area contributed by atoms with Gasteiger partial charge in [0.15, 0.2) is 6.20 Å². The monoisotopic (exact) mass is 391 g/mol. The first-order chi connectivity index (χ1) is 14.2. The van der Waals surface area contributed by atoms with Crippen LogP contribution in [0.5, 0.6) is 0 Å². The standard InChI is InChI=1S/C26H19N2S/c1-17-11-12-22-21-10-6-9-20(16-27)25(21)29-26(22)24(17)23-15-19(13-14-28(23)2)18-7-4-3-5-8-18/h3-15H,1-2H3/q+1. The number of fused-ring (bicyclic) bond motifs is 3. The third-order valence-corrected chi connectivity index (χ3v) is 6.78. The zero-order valence-electron chi connectivity index (χ0n) is 16.3. The molecule has 2 aromatic heterocycles. The van der Waals surface area contributed by atoms with E-state index in [0.717, 1.165) is 15.6 Å². The maximum absolute atomic E-state index is 9.56. The Kier molecular flexibility index (Phi) is 4.16. The minimum absolute atomic E-state index is 0.745. The fourth-order valence-corrected chi connectivity index (χ4v) is 5.37. The Morgan fingerprint density at radius 1 is 0.828 bits per heavy atom. The van der Waals surface area contributed by atoms with Gasteiger partial charge in [0.2, 0.25) is 5.69 Å². The molecule has 0 amide bonds. The van der Waals surface area contributed by atoms with E-state index in [4.69, 9.17) is 0 Å². The molecule has 5 rings (SSSR count). The average molecular weight is 392 g/mol. The van der Waals surface area contributed by atoms with Gasteiger partial charge in [-0.15, -0.1) is 11.3 Å². The summed E-state index contributed by atoms with van der Waals surface area (Å²) < 4.78 is 4.49. The maximum Gasteiger partial charge on any atom is 0.214 e. The second kappa shape index (κ2) is 6.84. The first-order valence-corrected chi connectivity index (χ1v) is 10.4. The third-order valence-electron chi connectivity index (χ3n) is 5.51. The molecule has 2 nitrogen and oxygen atoms in total. The highest BCUT2D eigenvalue weighted by atomic mass is 32.1. The van der Waals surface area contributed by atoms with Crippen molar-refractivity contribution in [2.75, 3.05) is 0 Å². The number of aromatic nitrogens is 1. The fourth-order valence-electron chi connectivity index (χ4n) is 4.00. The van der Waals surface area contributed by atoms with Crippen molar-refractivity contribution >= 4 is 31.5 Å². The molecule has 2 heterocycles. The highest BCUT2D eigenvalue weighted by molar-refractivity contribution is 7.26. The second-order valence-electron chi connectivity index (χ2n) is 7.31. The van der Waals surface area contributed by atoms with Crippen LogP contribution in [0.1, 0.15) is 11.1 Å². The van der Waals surface area contributed by atoms with Gasteiger partial charge in [0.1, 0.15) is 13.1 Å². The van der Waals surface area contributed by atoms with Crippen molar-refractivity contribution in [3.8, 4) is 28.5 Å². The van der Waals surface area contributed by atoms with Crippen LogP contribution in [0.2, 0.25) is 0 Å². The van der Waals surface area contributed by atoms with Crippen molar-refractivity contribution in [1.29, 1.82) is 5.26 Å². The number of hydrogen-bond acceptors (Lipinski definition) is 2. The number of pyridine rings is 1. The Morgan fingerprint density at radius 2 is 1.62 bits per heavy atom. The largest absolute Gasteiger partial charge is 0.214 e. The van der Waals surface area contributed by atoms with Gasteiger partial charge in [-0.05, 0) is 29.7 Å². The quantitative estimate of drug-likeness (QED) is 0.320. The molecule has 0 saturated heterocycles. The lowest BCUT2D eigenvalue weighted by Crippen LogP contribution is -2.30. The second-order valence-corrected chi connectivity index (χ2v) is 8.33. The number of thiophene rings is 1. The molecule has 3 heteroatoms. The fraction of sp³-hybridized carbons (Fsp3) is 0.0769. The lowest BCUT2D eigenvalue weighted by Gasteiger charge is -2.08. The van der Waals surface area contributed by atoms with Crippen molar-refractivity contribution in [3.63, 3.8) is 0 Å². The Hall–Kier alpha value is -3.48. The summed E-state index contributed by atoms with van der Waals surface area (Å²) >= 11 is 1.72. The summed E-state index contributed by atoms with van der Waals surface area (Å²) in [5, 5.41) is 11.9. The van der Waals surface area contributed by atoms with Crippen LogP contribution in [-0.2, 0) is 7.05 Å². The lowest BCUT2D eigenvalue weighted by molar-refractivity contribution is -0.660. The van der Waals surface area contributed by atoms with Gasteiger partial charge < -0.3 is 0 Å². The van der Waals surface area contributed by atoms with Crippen molar-refractivity contribution < 1.29 is 4.57 Å². The van der Waals surface area contributed by atoms with E-state index in [-0.39, 0.29) is 0 Å². The van der Waals surface area contributed by atoms with Crippen molar-refractivity contribution in [3.05, 3.63) is 90.1 Å². The van der Waals surface area contributed by atoms with Gasteiger partial charge in [-0.1, -0.05) is 54.6 Å². The van der Waals surface area contributed by atoms with E-state index in [9.17, 15) is 5.26 Å². The molecule has 0 aliphatic carbocycles. The summed E-state index contributed by atoms with van der Waals surface area (Å²) in [5.41, 5.74) is 6.82. The van der Waals surface area contributed by atoms with Crippen LogP contribution >= 0.6 is 11.3 Å². The van der Waals surface area contributed by atoms with E-state index in [1.54, 1.807) is 11.3 Å². The van der Waals surface area contributed by atoms with Crippen LogP contribution < -0.4 is 4.57 Å². The van der Waals surface area contributed by atoms with Crippen LogP contribution in [0.4, 0.5) is 0 Å². The van der Waals surface area contributed by atoms with Gasteiger partial charge >= 0.3 is 0 Å². The molecule has 0 radical (unpaired) electrons. The first-order valence-electron chi connectivity index (χ1n) is 9.58. The van der Waals surface area contributed by atoms with Crippen LogP contribution in [0.15, 0.2) is 79.0 Å². The Balaban J connectivity index is 1.84. The molecular formula is C26H19N2S+. The molecule has 0 atom stereocenters. The number of hydrogen-bond donors (Lipinski definition) is 0. The first kappa shape index (κ1) is 17.6. The molecule has 5 aromatic rings. The maximum atomic E-state index is 9.56. The molecule has 0 bridgehead atoms. The number of rotatable bonds is 2. The van der Waals surface area contributed by atoms with Gasteiger partial charge in [-0.25, -0.2) is 4.57 Å². The lowest BCUT2D eigenvalue weighted by atomic mass is 9.98. The van der Waals surface area contributed by atoms with Crippen LogP contribution in [0.3, 0.4) is 0 Å². The number of aryl methyl sites for hydroxylation is 2. The Morgan fingerprint density at radius 3 is 2.41 bits per heavy atom. The van der Waals surface area contributed by atoms with Crippen LogP contribution in [-0.4, -0.2) is 0 Å². The summed E-state index contributed by atoms with van der Waals surface area (Å²) in [5.74, 6) is 0. The van der Waals surface area contributed by atoms with Gasteiger partial charge in [0, 0.05) is 27.6 Å². The zero-order valence-corrected chi connectivity index (χ0v) is 17.1. The normalized spacial score (nSPS) is 11.1. The van der Waals surface area contributed by atoms with Crippen LogP contribution in [0, 0.1) is 18.3 Å². The average Bonchev–Trinajstić information content (AvgIpc) is 3.13. The van der Waals surface area contributed by atoms with Gasteiger partial charge in [0.05, 0.1) is 15.8 Å². The molecular weight excluding hydrogens is 372 g/mol. The van der Waals surface area contributed by atoms with Crippen molar-refractivity contribution in [2.24, 2.45) is 7.05 Å². The topological polar surface area (TPSA) is 27.7 Å². The molecule has 29 heavy (non-hydrogen) atoms. The summed E-state index contributed by atoms with van der Waals surface area (Å²) in [7, 11) is 2.09. The zero-order chi connectivity index (χ0) is 20.0. The van der Waals surface area contributed by atoms with E-state index in [2.05, 4.69) is 85.4 Å². The number of nitrogens with zero attached hydrogens (tertiary/aromatic N) is 2. The molecule has 0 N–H and O–H groups in total. The minimum Gasteiger partial charge on any atom is -0.201 e.